The lowest BCUT2D eigenvalue weighted by molar-refractivity contribution is -0.126. The molecule has 1 atom stereocenters. The number of azo groups is 1. The van der Waals surface area contributed by atoms with E-state index >= 15 is 0 Å². The summed E-state index contributed by atoms with van der Waals surface area (Å²) in [6.45, 7) is 1.71. The lowest BCUT2D eigenvalue weighted by Gasteiger charge is -2.19. The summed E-state index contributed by atoms with van der Waals surface area (Å²) in [6.07, 6.45) is 3.37. The fourth-order valence-electron chi connectivity index (χ4n) is 2.95. The van der Waals surface area contributed by atoms with E-state index in [-0.39, 0.29) is 5.91 Å². The third-order valence-electron chi connectivity index (χ3n) is 4.51. The number of hydrogen-bond acceptors (Lipinski definition) is 4. The van der Waals surface area contributed by atoms with Crippen molar-refractivity contribution < 1.29 is 4.79 Å². The molecule has 8 heteroatoms. The van der Waals surface area contributed by atoms with Crippen LogP contribution < -0.4 is 5.43 Å². The van der Waals surface area contributed by atoms with Gasteiger partial charge in [-0.2, -0.15) is 10.2 Å². The van der Waals surface area contributed by atoms with Gasteiger partial charge in [-0.15, -0.1) is 0 Å². The molecule has 1 amide bonds. The number of aryl methyl sites for hydroxylation is 1. The van der Waals surface area contributed by atoms with Gasteiger partial charge in [-0.1, -0.05) is 46.9 Å². The monoisotopic (exact) mass is 438 g/mol. The molecule has 0 saturated carbocycles. The predicted molar refractivity (Wildman–Crippen MR) is 113 cm³/mol. The van der Waals surface area contributed by atoms with Gasteiger partial charge in [0, 0.05) is 23.1 Å². The summed E-state index contributed by atoms with van der Waals surface area (Å²) in [5.74, 6) is -0.162. The summed E-state index contributed by atoms with van der Waals surface area (Å²) < 4.78 is 0. The van der Waals surface area contributed by atoms with E-state index in [9.17, 15) is 4.79 Å². The van der Waals surface area contributed by atoms with Gasteiger partial charge in [0.15, 0.2) is 6.04 Å². The highest BCUT2D eigenvalue weighted by molar-refractivity contribution is 6.36. The Kier molecular flexibility index (Phi) is 7.68. The van der Waals surface area contributed by atoms with Crippen molar-refractivity contribution in [2.24, 2.45) is 10.2 Å². The molecule has 28 heavy (non-hydrogen) atoms. The topological polar surface area (TPSA) is 57.1 Å². The predicted octanol–water partition coefficient (Wildman–Crippen LogP) is 5.86. The summed E-state index contributed by atoms with van der Waals surface area (Å²) in [4.78, 5) is 12.8. The second-order valence-electron chi connectivity index (χ2n) is 6.66. The van der Waals surface area contributed by atoms with E-state index in [4.69, 9.17) is 34.8 Å². The number of nitrogens with one attached hydrogen (secondary N) is 1. The number of hydrazine groups is 1. The van der Waals surface area contributed by atoms with Crippen LogP contribution >= 0.6 is 34.8 Å². The Balaban J connectivity index is 1.71. The average Bonchev–Trinajstić information content (AvgIpc) is 3.17. The third kappa shape index (κ3) is 6.17. The van der Waals surface area contributed by atoms with Gasteiger partial charge >= 0.3 is 0 Å². The Morgan fingerprint density at radius 2 is 1.71 bits per heavy atom. The maximum absolute atomic E-state index is 12.8. The molecule has 1 aliphatic rings. The number of carbonyl (C=O) groups excluding carboxylic acids is 1. The van der Waals surface area contributed by atoms with Crippen molar-refractivity contribution >= 4 is 46.4 Å². The molecule has 1 heterocycles. The molecule has 5 nitrogen and oxygen atoms in total. The first kappa shape index (κ1) is 21.1. The smallest absolute Gasteiger partial charge is 0.261 e. The van der Waals surface area contributed by atoms with Crippen LogP contribution in [0.2, 0.25) is 15.1 Å². The summed E-state index contributed by atoms with van der Waals surface area (Å²) >= 11 is 18.0. The lowest BCUT2D eigenvalue weighted by atomic mass is 10.1. The highest BCUT2D eigenvalue weighted by Gasteiger charge is 2.22. The van der Waals surface area contributed by atoms with E-state index in [2.05, 4.69) is 15.7 Å². The molecule has 0 bridgehead atoms. The molecule has 0 aromatic heterocycles. The molecule has 3 rings (SSSR count). The Morgan fingerprint density at radius 3 is 2.39 bits per heavy atom. The molecule has 1 N–H and O–H groups in total. The molecular weight excluding hydrogens is 419 g/mol. The van der Waals surface area contributed by atoms with Gasteiger partial charge in [0.1, 0.15) is 5.69 Å². The van der Waals surface area contributed by atoms with Crippen LogP contribution in [0.3, 0.4) is 0 Å². The number of hydrogen-bond donors (Lipinski definition) is 1. The Bertz CT molecular complexity index is 836. The Hall–Kier alpha value is -1.66. The van der Waals surface area contributed by atoms with Gasteiger partial charge in [-0.25, -0.2) is 5.01 Å². The van der Waals surface area contributed by atoms with Gasteiger partial charge in [0.2, 0.25) is 0 Å². The number of nitrogens with zero attached hydrogens (tertiary/aromatic N) is 3. The minimum Gasteiger partial charge on any atom is -0.287 e. The largest absolute Gasteiger partial charge is 0.287 e. The fourth-order valence-corrected chi connectivity index (χ4v) is 3.52. The van der Waals surface area contributed by atoms with Gasteiger partial charge in [0.05, 0.1) is 5.02 Å². The normalized spacial score (nSPS) is 15.8. The van der Waals surface area contributed by atoms with Crippen molar-refractivity contribution in [3.63, 3.8) is 0 Å². The molecule has 148 valence electrons. The van der Waals surface area contributed by atoms with Crippen molar-refractivity contribution in [3.05, 3.63) is 63.1 Å². The van der Waals surface area contributed by atoms with E-state index < -0.39 is 6.04 Å². The standard InChI is InChI=1S/C20H21Cl3N4O/c21-15-6-3-14(4-7-15)5-9-19(20(28)26-27-11-1-2-12-27)25-24-18-10-8-16(22)13-17(18)23/h3-4,6-8,10,13,19H,1-2,5,9,11-12H2,(H,26,28). The summed E-state index contributed by atoms with van der Waals surface area (Å²) in [7, 11) is 0. The zero-order valence-corrected chi connectivity index (χ0v) is 17.5. The van der Waals surface area contributed by atoms with Crippen LogP contribution in [-0.4, -0.2) is 30.0 Å². The van der Waals surface area contributed by atoms with Gasteiger partial charge in [-0.05, 0) is 61.6 Å². The van der Waals surface area contributed by atoms with Crippen molar-refractivity contribution in [1.29, 1.82) is 0 Å². The zero-order chi connectivity index (χ0) is 19.9. The number of benzene rings is 2. The van der Waals surface area contributed by atoms with Gasteiger partial charge in [-0.3, -0.25) is 10.2 Å². The zero-order valence-electron chi connectivity index (χ0n) is 15.2. The second kappa shape index (κ2) is 10.2. The van der Waals surface area contributed by atoms with Crippen molar-refractivity contribution in [2.45, 2.75) is 31.7 Å². The third-order valence-corrected chi connectivity index (χ3v) is 5.30. The first-order chi connectivity index (χ1) is 13.5. The highest BCUT2D eigenvalue weighted by Crippen LogP contribution is 2.28. The highest BCUT2D eigenvalue weighted by atomic mass is 35.5. The average molecular weight is 440 g/mol. The number of amides is 1. The van der Waals surface area contributed by atoms with Crippen LogP contribution in [-0.2, 0) is 11.2 Å². The van der Waals surface area contributed by atoms with Crippen LogP contribution in [0.1, 0.15) is 24.8 Å². The van der Waals surface area contributed by atoms with Gasteiger partial charge in [0.25, 0.3) is 5.91 Å². The number of carbonyl (C=O) groups is 1. The molecule has 0 radical (unpaired) electrons. The summed E-state index contributed by atoms with van der Waals surface area (Å²) in [6, 6.07) is 11.9. The summed E-state index contributed by atoms with van der Waals surface area (Å²) in [5, 5.41) is 12.0. The van der Waals surface area contributed by atoms with Gasteiger partial charge < -0.3 is 0 Å². The molecule has 1 saturated heterocycles. The van der Waals surface area contributed by atoms with E-state index in [0.29, 0.717) is 33.6 Å². The molecular formula is C20H21Cl3N4O. The first-order valence-corrected chi connectivity index (χ1v) is 10.3. The van der Waals surface area contributed by atoms with E-state index in [0.717, 1.165) is 31.5 Å². The van der Waals surface area contributed by atoms with Crippen LogP contribution in [0.4, 0.5) is 5.69 Å². The quantitative estimate of drug-likeness (QED) is 0.549. The van der Waals surface area contributed by atoms with Crippen LogP contribution in [0.15, 0.2) is 52.7 Å². The van der Waals surface area contributed by atoms with Crippen LogP contribution in [0, 0.1) is 0 Å². The first-order valence-electron chi connectivity index (χ1n) is 9.17. The maximum atomic E-state index is 12.8. The Labute approximate surface area is 179 Å². The van der Waals surface area contributed by atoms with E-state index in [1.807, 2.05) is 29.3 Å². The molecule has 0 spiro atoms. The van der Waals surface area contributed by atoms with E-state index in [1.165, 1.54) is 0 Å². The maximum Gasteiger partial charge on any atom is 0.261 e. The van der Waals surface area contributed by atoms with E-state index in [1.54, 1.807) is 18.2 Å². The minimum absolute atomic E-state index is 0.162. The SMILES string of the molecule is O=C(NN1CCCC1)C(CCc1ccc(Cl)cc1)N=Nc1ccc(Cl)cc1Cl. The van der Waals surface area contributed by atoms with Crippen molar-refractivity contribution in [2.75, 3.05) is 13.1 Å². The summed E-state index contributed by atoms with van der Waals surface area (Å²) in [5.41, 5.74) is 4.52. The molecule has 1 unspecified atom stereocenters. The Morgan fingerprint density at radius 1 is 1.04 bits per heavy atom. The minimum atomic E-state index is -0.622. The lowest BCUT2D eigenvalue weighted by Crippen LogP contribution is -2.44. The van der Waals surface area contributed by atoms with Crippen LogP contribution in [0.5, 0.6) is 0 Å². The number of rotatable bonds is 7. The second-order valence-corrected chi connectivity index (χ2v) is 7.94. The van der Waals surface area contributed by atoms with Crippen LogP contribution in [0.25, 0.3) is 0 Å². The van der Waals surface area contributed by atoms with Crippen molar-refractivity contribution in [3.8, 4) is 0 Å². The molecule has 2 aromatic carbocycles. The van der Waals surface area contributed by atoms with Crippen molar-refractivity contribution in [1.82, 2.24) is 10.4 Å². The molecule has 1 fully saturated rings. The number of halogens is 3. The molecule has 2 aromatic rings. The molecule has 1 aliphatic heterocycles. The fraction of sp³-hybridized carbons (Fsp3) is 0.350. The molecule has 0 aliphatic carbocycles.